The summed E-state index contributed by atoms with van der Waals surface area (Å²) in [5.41, 5.74) is 2.21. The fourth-order valence-electron chi connectivity index (χ4n) is 3.43. The molecule has 26 heavy (non-hydrogen) atoms. The first-order valence-electron chi connectivity index (χ1n) is 8.31. The predicted molar refractivity (Wildman–Crippen MR) is 98.3 cm³/mol. The highest BCUT2D eigenvalue weighted by Crippen LogP contribution is 2.33. The first kappa shape index (κ1) is 20.5. The topological polar surface area (TPSA) is 71.2 Å². The lowest BCUT2D eigenvalue weighted by Gasteiger charge is -2.32. The van der Waals surface area contributed by atoms with Gasteiger partial charge in [0.1, 0.15) is 18.2 Å². The van der Waals surface area contributed by atoms with Crippen LogP contribution in [0.3, 0.4) is 0 Å². The van der Waals surface area contributed by atoms with Crippen LogP contribution in [0.15, 0.2) is 42.5 Å². The minimum Gasteiger partial charge on any atom is -0.493 e. The van der Waals surface area contributed by atoms with Gasteiger partial charge in [-0.2, -0.15) is 4.89 Å². The van der Waals surface area contributed by atoms with Crippen molar-refractivity contribution in [2.45, 2.75) is 18.9 Å². The van der Waals surface area contributed by atoms with E-state index in [1.54, 1.807) is 0 Å². The summed E-state index contributed by atoms with van der Waals surface area (Å²) in [6.45, 7) is 2.96. The van der Waals surface area contributed by atoms with Crippen molar-refractivity contribution < 1.29 is 24.4 Å². The van der Waals surface area contributed by atoms with Crippen LogP contribution in [0.25, 0.3) is 0 Å². The van der Waals surface area contributed by atoms with Crippen molar-refractivity contribution in [1.82, 2.24) is 5.32 Å². The summed E-state index contributed by atoms with van der Waals surface area (Å²) < 4.78 is 19.2. The Morgan fingerprint density at radius 2 is 1.96 bits per heavy atom. The zero-order valence-corrected chi connectivity index (χ0v) is 15.1. The van der Waals surface area contributed by atoms with E-state index >= 15 is 0 Å². The molecule has 2 aliphatic rings. The molecule has 2 heterocycles. The second-order valence-electron chi connectivity index (χ2n) is 6.34. The van der Waals surface area contributed by atoms with Crippen molar-refractivity contribution in [2.24, 2.45) is 5.92 Å². The molecule has 0 unspecified atom stereocenters. The Hall–Kier alpha value is -1.86. The average Bonchev–Trinajstić information content (AvgIpc) is 3.09. The molecule has 2 aliphatic heterocycles. The molecule has 0 spiro atoms. The number of piperidine rings is 1. The summed E-state index contributed by atoms with van der Waals surface area (Å²) >= 11 is 0. The highest BCUT2D eigenvalue weighted by molar-refractivity contribution is 5.85. The van der Waals surface area contributed by atoms with Crippen LogP contribution in [0.5, 0.6) is 11.5 Å². The lowest BCUT2D eigenvalue weighted by Crippen LogP contribution is -2.38. The quantitative estimate of drug-likeness (QED) is 0.824. The number of benzene rings is 2. The van der Waals surface area contributed by atoms with Crippen LogP contribution in [0.2, 0.25) is 0 Å². The zero-order valence-electron chi connectivity index (χ0n) is 14.2. The summed E-state index contributed by atoms with van der Waals surface area (Å²) in [7, 11) is 0. The third-order valence-electron chi connectivity index (χ3n) is 4.77. The van der Waals surface area contributed by atoms with Crippen LogP contribution in [0.1, 0.15) is 23.5 Å². The Bertz CT molecular complexity index is 713. The van der Waals surface area contributed by atoms with Gasteiger partial charge in [0.2, 0.25) is 0 Å². The molecule has 1 fully saturated rings. The number of halogens is 2. The number of ether oxygens (including phenoxy) is 1. The first-order valence-corrected chi connectivity index (χ1v) is 8.31. The zero-order chi connectivity index (χ0) is 16.4. The third kappa shape index (κ3) is 4.45. The lowest BCUT2D eigenvalue weighted by molar-refractivity contribution is -0.194. The molecular weight excluding hydrogens is 361 g/mol. The van der Waals surface area contributed by atoms with E-state index in [1.165, 1.54) is 17.7 Å². The molecule has 2 aromatic rings. The molecule has 2 atom stereocenters. The van der Waals surface area contributed by atoms with Crippen molar-refractivity contribution in [3.05, 3.63) is 59.4 Å². The highest BCUT2D eigenvalue weighted by Gasteiger charge is 2.27. The molecule has 7 heteroatoms. The van der Waals surface area contributed by atoms with Crippen LogP contribution < -0.4 is 14.9 Å². The minimum atomic E-state index is -0.194. The molecule has 1 saturated heterocycles. The Morgan fingerprint density at radius 3 is 2.77 bits per heavy atom. The van der Waals surface area contributed by atoms with Crippen LogP contribution in [0, 0.1) is 11.7 Å². The lowest BCUT2D eigenvalue weighted by atomic mass is 9.81. The van der Waals surface area contributed by atoms with Crippen molar-refractivity contribution in [3.63, 3.8) is 0 Å². The Morgan fingerprint density at radius 1 is 1.15 bits per heavy atom. The largest absolute Gasteiger partial charge is 0.493 e. The van der Waals surface area contributed by atoms with Gasteiger partial charge in [-0.25, -0.2) is 4.39 Å². The number of rotatable bonds is 4. The Labute approximate surface area is 158 Å². The number of hydrogen-bond acceptors (Lipinski definition) is 4. The maximum Gasteiger partial charge on any atom is 0.174 e. The summed E-state index contributed by atoms with van der Waals surface area (Å²) in [6.07, 6.45) is 1.03. The number of hydrogen-bond donors (Lipinski definition) is 1. The SMILES string of the molecule is Cl.Fc1ccc([C@H]2CCNC[C@@H]2COc2ccc3c(c2)OOC3)cc1.O. The summed E-state index contributed by atoms with van der Waals surface area (Å²) in [6, 6.07) is 12.6. The molecule has 4 rings (SSSR count). The maximum absolute atomic E-state index is 13.2. The Balaban J connectivity index is 0.00000121. The second-order valence-corrected chi connectivity index (χ2v) is 6.34. The fourth-order valence-corrected chi connectivity index (χ4v) is 3.43. The molecule has 0 radical (unpaired) electrons. The molecule has 0 aliphatic carbocycles. The van der Waals surface area contributed by atoms with Crippen LogP contribution in [0.4, 0.5) is 4.39 Å². The molecular formula is C19H23ClFNO4. The molecule has 2 aromatic carbocycles. The van der Waals surface area contributed by atoms with Gasteiger partial charge in [0, 0.05) is 24.1 Å². The normalized spacial score (nSPS) is 21.0. The van der Waals surface area contributed by atoms with Crippen molar-refractivity contribution in [1.29, 1.82) is 0 Å². The number of nitrogens with one attached hydrogen (secondary N) is 1. The van der Waals surface area contributed by atoms with E-state index in [-0.39, 0.29) is 23.7 Å². The number of fused-ring (bicyclic) bond motifs is 1. The van der Waals surface area contributed by atoms with Crippen LogP contribution in [-0.2, 0) is 11.5 Å². The fraction of sp³-hybridized carbons (Fsp3) is 0.368. The van der Waals surface area contributed by atoms with E-state index in [4.69, 9.17) is 14.5 Å². The predicted octanol–water partition coefficient (Wildman–Crippen LogP) is 3.02. The molecule has 0 bridgehead atoms. The van der Waals surface area contributed by atoms with Gasteiger partial charge in [-0.3, -0.25) is 0 Å². The molecule has 0 amide bonds. The van der Waals surface area contributed by atoms with Crippen LogP contribution >= 0.6 is 12.4 Å². The van der Waals surface area contributed by atoms with E-state index < -0.39 is 0 Å². The van der Waals surface area contributed by atoms with E-state index in [2.05, 4.69) is 5.32 Å². The summed E-state index contributed by atoms with van der Waals surface area (Å²) in [5, 5.41) is 3.43. The Kier molecular flexibility index (Phi) is 7.23. The van der Waals surface area contributed by atoms with Gasteiger partial charge in [0.15, 0.2) is 5.75 Å². The van der Waals surface area contributed by atoms with Crippen LogP contribution in [-0.4, -0.2) is 25.2 Å². The maximum atomic E-state index is 13.2. The monoisotopic (exact) mass is 383 g/mol. The van der Waals surface area contributed by atoms with Gasteiger partial charge < -0.3 is 20.4 Å². The standard InChI is InChI=1S/C19H20FNO3.ClH.H2O/c20-16-4-1-13(2-5-16)18-7-8-21-10-15(18)11-22-17-6-3-14-12-23-24-19(14)9-17;;/h1-6,9,15,18,21H,7-8,10-12H2;1H;1H2/t15-,18-;;/m1../s1. The summed E-state index contributed by atoms with van der Waals surface area (Å²) in [4.78, 5) is 10.1. The van der Waals surface area contributed by atoms with Crippen molar-refractivity contribution in [2.75, 3.05) is 19.7 Å². The minimum absolute atomic E-state index is 0. The molecule has 142 valence electrons. The second kappa shape index (κ2) is 9.19. The van der Waals surface area contributed by atoms with Gasteiger partial charge in [-0.05, 0) is 48.7 Å². The smallest absolute Gasteiger partial charge is 0.174 e. The molecule has 0 aromatic heterocycles. The molecule has 3 N–H and O–H groups in total. The van der Waals surface area contributed by atoms with Gasteiger partial charge in [-0.1, -0.05) is 12.1 Å². The van der Waals surface area contributed by atoms with E-state index in [0.29, 0.717) is 25.0 Å². The van der Waals surface area contributed by atoms with Crippen molar-refractivity contribution in [3.8, 4) is 11.5 Å². The van der Waals surface area contributed by atoms with Gasteiger partial charge in [-0.15, -0.1) is 12.4 Å². The summed E-state index contributed by atoms with van der Waals surface area (Å²) in [5.74, 6) is 2.03. The van der Waals surface area contributed by atoms with Gasteiger partial charge >= 0.3 is 0 Å². The van der Waals surface area contributed by atoms with Gasteiger partial charge in [0.25, 0.3) is 0 Å². The van der Waals surface area contributed by atoms with E-state index in [1.807, 2.05) is 30.3 Å². The molecule has 5 nitrogen and oxygen atoms in total. The van der Waals surface area contributed by atoms with Crippen molar-refractivity contribution >= 4 is 12.4 Å². The molecule has 0 saturated carbocycles. The average molecular weight is 384 g/mol. The van der Waals surface area contributed by atoms with Gasteiger partial charge in [0.05, 0.1) is 6.61 Å². The van der Waals surface area contributed by atoms with E-state index in [9.17, 15) is 4.39 Å². The third-order valence-corrected chi connectivity index (χ3v) is 4.77. The first-order chi connectivity index (χ1) is 11.8. The highest BCUT2D eigenvalue weighted by atomic mass is 35.5. The van der Waals surface area contributed by atoms with E-state index in [0.717, 1.165) is 36.6 Å².